The Bertz CT molecular complexity index is 794. The van der Waals surface area contributed by atoms with E-state index in [2.05, 4.69) is 9.74 Å². The number of hydrogen-bond donors (Lipinski definition) is 2. The van der Waals surface area contributed by atoms with E-state index in [4.69, 9.17) is 21.3 Å². The van der Waals surface area contributed by atoms with Crippen LogP contribution in [0.15, 0.2) is 18.2 Å². The molecule has 29 heavy (non-hydrogen) atoms. The number of benzene rings is 1. The molecule has 0 aromatic heterocycles. The first-order chi connectivity index (χ1) is 13.6. The van der Waals surface area contributed by atoms with E-state index in [1.54, 1.807) is 7.11 Å². The van der Waals surface area contributed by atoms with Crippen LogP contribution in [0.25, 0.3) is 4.85 Å². The van der Waals surface area contributed by atoms with Gasteiger partial charge in [0.1, 0.15) is 5.54 Å². The molecule has 0 bridgehead atoms. The molecule has 7 nitrogen and oxygen atoms in total. The van der Waals surface area contributed by atoms with Crippen LogP contribution in [-0.2, 0) is 10.3 Å². The zero-order chi connectivity index (χ0) is 19.8. The summed E-state index contributed by atoms with van der Waals surface area (Å²) >= 11 is 0. The van der Waals surface area contributed by atoms with Gasteiger partial charge >= 0.3 is 0 Å². The Hall–Kier alpha value is -2.01. The third kappa shape index (κ3) is 4.02. The molecule has 1 heterocycles. The Balaban J connectivity index is 0.00000240. The maximum Gasteiger partial charge on any atom is 0.263 e. The van der Waals surface area contributed by atoms with Crippen LogP contribution in [-0.4, -0.2) is 48.4 Å². The highest BCUT2D eigenvalue weighted by Crippen LogP contribution is 2.47. The Labute approximate surface area is 177 Å². The van der Waals surface area contributed by atoms with Crippen LogP contribution >= 0.6 is 12.4 Å². The molecular formula is C21H28ClN3O4. The lowest BCUT2D eigenvalue weighted by Crippen LogP contribution is -2.53. The summed E-state index contributed by atoms with van der Waals surface area (Å²) in [6.45, 7) is 9.90. The number of hydrogen-bond acceptors (Lipinski definition) is 5. The van der Waals surface area contributed by atoms with E-state index < -0.39 is 11.1 Å². The number of hydroxylamine groups is 1. The van der Waals surface area contributed by atoms with Crippen molar-refractivity contribution in [2.45, 2.75) is 49.6 Å². The second-order valence-electron chi connectivity index (χ2n) is 8.22. The van der Waals surface area contributed by atoms with Crippen molar-refractivity contribution in [3.63, 3.8) is 0 Å². The van der Waals surface area contributed by atoms with Gasteiger partial charge in [-0.1, -0.05) is 0 Å². The molecule has 1 aromatic rings. The fourth-order valence-electron chi connectivity index (χ4n) is 4.25. The van der Waals surface area contributed by atoms with E-state index in [1.807, 2.05) is 23.7 Å². The molecule has 8 heteroatoms. The molecule has 2 aliphatic carbocycles. The molecule has 158 valence electrons. The summed E-state index contributed by atoms with van der Waals surface area (Å²) in [6.07, 6.45) is 5.23. The SMILES string of the molecule is Cl.[C-]#[N+]C1(c2ccc(OC)c(OCC3CC3)c2)CCN(C2(C(=O)NO)CC2)CC1. The number of amides is 1. The predicted octanol–water partition coefficient (Wildman–Crippen LogP) is 3.15. The Morgan fingerprint density at radius 3 is 2.48 bits per heavy atom. The van der Waals surface area contributed by atoms with Gasteiger partial charge in [0.2, 0.25) is 0 Å². The molecule has 4 rings (SSSR count). The molecule has 1 aromatic carbocycles. The molecule has 1 saturated heterocycles. The number of nitrogens with zero attached hydrogens (tertiary/aromatic N) is 2. The second kappa shape index (κ2) is 8.39. The van der Waals surface area contributed by atoms with Gasteiger partial charge in [0.05, 0.1) is 13.7 Å². The molecule has 1 amide bonds. The summed E-state index contributed by atoms with van der Waals surface area (Å²) < 4.78 is 11.4. The number of nitrogens with one attached hydrogen (secondary N) is 1. The average molecular weight is 422 g/mol. The van der Waals surface area contributed by atoms with Crippen LogP contribution in [0.4, 0.5) is 0 Å². The smallest absolute Gasteiger partial charge is 0.263 e. The standard InChI is InChI=1S/C21H27N3O4.ClH/c1-22-20(9-11-24(12-10-20)21(7-8-21)19(25)23-26)16-5-6-17(27-2)18(13-16)28-14-15-3-4-15;/h5-6,13,15,26H,3-4,7-12,14H2,2H3,(H,23,25);1H. The minimum Gasteiger partial charge on any atom is -0.493 e. The molecule has 3 fully saturated rings. The van der Waals surface area contributed by atoms with E-state index in [1.165, 1.54) is 12.8 Å². The van der Waals surface area contributed by atoms with Gasteiger partial charge in [0.15, 0.2) is 11.5 Å². The maximum absolute atomic E-state index is 12.0. The van der Waals surface area contributed by atoms with Crippen molar-refractivity contribution in [3.8, 4) is 11.5 Å². The Morgan fingerprint density at radius 1 is 1.28 bits per heavy atom. The lowest BCUT2D eigenvalue weighted by atomic mass is 9.81. The summed E-state index contributed by atoms with van der Waals surface area (Å²) in [7, 11) is 1.63. The van der Waals surface area contributed by atoms with Crippen LogP contribution < -0.4 is 15.0 Å². The van der Waals surface area contributed by atoms with Crippen molar-refractivity contribution >= 4 is 18.3 Å². The zero-order valence-corrected chi connectivity index (χ0v) is 17.5. The van der Waals surface area contributed by atoms with Crippen molar-refractivity contribution in [3.05, 3.63) is 35.2 Å². The van der Waals surface area contributed by atoms with Gasteiger partial charge in [-0.2, -0.15) is 0 Å². The van der Waals surface area contributed by atoms with Crippen molar-refractivity contribution in [1.29, 1.82) is 0 Å². The van der Waals surface area contributed by atoms with Crippen molar-refractivity contribution in [2.75, 3.05) is 26.8 Å². The molecule has 0 radical (unpaired) electrons. The van der Waals surface area contributed by atoms with Gasteiger partial charge in [-0.05, 0) is 49.8 Å². The zero-order valence-electron chi connectivity index (χ0n) is 16.6. The van der Waals surface area contributed by atoms with Gasteiger partial charge in [0.25, 0.3) is 11.4 Å². The lowest BCUT2D eigenvalue weighted by molar-refractivity contribution is -0.137. The number of carbonyl (C=O) groups is 1. The van der Waals surface area contributed by atoms with Gasteiger partial charge < -0.3 is 14.3 Å². The summed E-state index contributed by atoms with van der Waals surface area (Å²) in [6, 6.07) is 5.81. The summed E-state index contributed by atoms with van der Waals surface area (Å²) in [5.41, 5.74) is 1.56. The second-order valence-corrected chi connectivity index (χ2v) is 8.22. The van der Waals surface area contributed by atoms with Crippen LogP contribution in [0.3, 0.4) is 0 Å². The molecule has 2 saturated carbocycles. The number of methoxy groups -OCH3 is 1. The van der Waals surface area contributed by atoms with E-state index in [0.29, 0.717) is 50.0 Å². The minimum absolute atomic E-state index is 0. The number of ether oxygens (including phenoxy) is 2. The summed E-state index contributed by atoms with van der Waals surface area (Å²) in [5.74, 6) is 1.70. The first-order valence-electron chi connectivity index (χ1n) is 9.96. The van der Waals surface area contributed by atoms with E-state index in [0.717, 1.165) is 18.4 Å². The highest BCUT2D eigenvalue weighted by Gasteiger charge is 2.57. The molecule has 0 unspecified atom stereocenters. The predicted molar refractivity (Wildman–Crippen MR) is 109 cm³/mol. The molecular weight excluding hydrogens is 394 g/mol. The van der Waals surface area contributed by atoms with Gasteiger partial charge in [0, 0.05) is 31.5 Å². The van der Waals surface area contributed by atoms with E-state index in [-0.39, 0.29) is 18.3 Å². The first kappa shape index (κ1) is 21.7. The fraction of sp³-hybridized carbons (Fsp3) is 0.619. The maximum atomic E-state index is 12.0. The van der Waals surface area contributed by atoms with Crippen LogP contribution in [0, 0.1) is 12.5 Å². The molecule has 0 spiro atoms. The number of rotatable bonds is 7. The van der Waals surface area contributed by atoms with Crippen LogP contribution in [0.2, 0.25) is 0 Å². The molecule has 2 N–H and O–H groups in total. The number of piperidine rings is 1. The van der Waals surface area contributed by atoms with Crippen molar-refractivity contribution in [1.82, 2.24) is 10.4 Å². The Kier molecular flexibility index (Phi) is 6.27. The van der Waals surface area contributed by atoms with Gasteiger partial charge in [-0.3, -0.25) is 14.9 Å². The van der Waals surface area contributed by atoms with Crippen molar-refractivity contribution < 1.29 is 19.5 Å². The highest BCUT2D eigenvalue weighted by molar-refractivity contribution is 5.88. The van der Waals surface area contributed by atoms with Gasteiger partial charge in [-0.15, -0.1) is 12.4 Å². The quantitative estimate of drug-likeness (QED) is 0.402. The third-order valence-corrected chi connectivity index (χ3v) is 6.53. The summed E-state index contributed by atoms with van der Waals surface area (Å²) in [4.78, 5) is 18.2. The normalized spacial score (nSPS) is 22.0. The van der Waals surface area contributed by atoms with Crippen molar-refractivity contribution in [2.24, 2.45) is 5.92 Å². The Morgan fingerprint density at radius 2 is 1.97 bits per heavy atom. The monoisotopic (exact) mass is 421 g/mol. The third-order valence-electron chi connectivity index (χ3n) is 6.53. The minimum atomic E-state index is -0.619. The van der Waals surface area contributed by atoms with E-state index >= 15 is 0 Å². The fourth-order valence-corrected chi connectivity index (χ4v) is 4.25. The summed E-state index contributed by atoms with van der Waals surface area (Å²) in [5, 5.41) is 9.04. The largest absolute Gasteiger partial charge is 0.493 e. The lowest BCUT2D eigenvalue weighted by Gasteiger charge is -2.38. The van der Waals surface area contributed by atoms with Gasteiger partial charge in [-0.25, -0.2) is 12.1 Å². The van der Waals surface area contributed by atoms with Crippen LogP contribution in [0.1, 0.15) is 44.1 Å². The highest BCUT2D eigenvalue weighted by atomic mass is 35.5. The molecule has 0 atom stereocenters. The topological polar surface area (TPSA) is 75.4 Å². The molecule has 1 aliphatic heterocycles. The molecule has 3 aliphatic rings. The first-order valence-corrected chi connectivity index (χ1v) is 9.96. The van der Waals surface area contributed by atoms with E-state index in [9.17, 15) is 4.79 Å². The number of likely N-dealkylation sites (tertiary alicyclic amines) is 1. The number of halogens is 1. The van der Waals surface area contributed by atoms with Crippen LogP contribution in [0.5, 0.6) is 11.5 Å². The number of carbonyl (C=O) groups excluding carboxylic acids is 1. The average Bonchev–Trinajstić information content (AvgIpc) is 3.66.